The van der Waals surface area contributed by atoms with Gasteiger partial charge in [-0.25, -0.2) is 4.98 Å². The first kappa shape index (κ1) is 33.5. The second-order valence-electron chi connectivity index (χ2n) is 16.1. The van der Waals surface area contributed by atoms with Crippen LogP contribution in [0.3, 0.4) is 0 Å². The first-order valence-corrected chi connectivity index (χ1v) is 20.2. The fourth-order valence-corrected chi connectivity index (χ4v) is 9.51. The molecule has 8 aromatic carbocycles. The number of rotatable bonds is 5. The van der Waals surface area contributed by atoms with Crippen molar-refractivity contribution in [2.24, 2.45) is 0 Å². The minimum atomic E-state index is -0.163. The molecular weight excluding hydrogens is 719 g/mol. The predicted octanol–water partition coefficient (Wildman–Crippen LogP) is 13.4. The molecule has 1 aliphatic rings. The Morgan fingerprint density at radius 2 is 0.881 bits per heavy atom. The molecule has 12 rings (SSSR count). The third kappa shape index (κ3) is 5.08. The van der Waals surface area contributed by atoms with Gasteiger partial charge in [0.25, 0.3) is 0 Å². The lowest BCUT2D eigenvalue weighted by Gasteiger charge is -2.21. The highest BCUT2D eigenvalue weighted by Gasteiger charge is 2.35. The molecule has 0 saturated carbocycles. The molecule has 5 nitrogen and oxygen atoms in total. The number of nitrogens with zero attached hydrogens (tertiary/aromatic N) is 5. The molecule has 0 bridgehead atoms. The van der Waals surface area contributed by atoms with Gasteiger partial charge in [-0.05, 0) is 75.8 Å². The Bertz CT molecular complexity index is 3450. The van der Waals surface area contributed by atoms with E-state index in [0.29, 0.717) is 17.6 Å². The molecule has 0 fully saturated rings. The average molecular weight is 756 g/mol. The summed E-state index contributed by atoms with van der Waals surface area (Å²) >= 11 is 0. The Hall–Kier alpha value is -7.63. The van der Waals surface area contributed by atoms with Gasteiger partial charge in [-0.2, -0.15) is 9.97 Å². The van der Waals surface area contributed by atoms with Gasteiger partial charge in [0.15, 0.2) is 11.6 Å². The lowest BCUT2D eigenvalue weighted by atomic mass is 9.82. The first-order valence-electron chi connectivity index (χ1n) is 20.2. The van der Waals surface area contributed by atoms with Gasteiger partial charge in [-0.15, -0.1) is 0 Å². The SMILES string of the molecule is CC1(C)c2ccccc2-c2ccc(-c3nc(-c4ccc(-c5ccccc5)cc4)nc(-n4c5ccccc5c5cc6c7ccccc7n(-c7ccccc7)c6cc54)n3)cc21. The molecule has 3 heterocycles. The van der Waals surface area contributed by atoms with E-state index in [9.17, 15) is 0 Å². The number of benzene rings is 8. The van der Waals surface area contributed by atoms with Gasteiger partial charge in [0.1, 0.15) is 0 Å². The topological polar surface area (TPSA) is 48.5 Å². The van der Waals surface area contributed by atoms with Crippen molar-refractivity contribution in [3.8, 4) is 56.7 Å². The summed E-state index contributed by atoms with van der Waals surface area (Å²) in [5.41, 5.74) is 14.7. The van der Waals surface area contributed by atoms with Gasteiger partial charge in [-0.3, -0.25) is 4.57 Å². The molecule has 0 aliphatic heterocycles. The largest absolute Gasteiger partial charge is 0.309 e. The van der Waals surface area contributed by atoms with Crippen LogP contribution in [0.2, 0.25) is 0 Å². The van der Waals surface area contributed by atoms with Crippen molar-refractivity contribution in [2.75, 3.05) is 0 Å². The Labute approximate surface area is 341 Å². The summed E-state index contributed by atoms with van der Waals surface area (Å²) in [7, 11) is 0. The van der Waals surface area contributed by atoms with Crippen molar-refractivity contribution in [1.29, 1.82) is 0 Å². The van der Waals surface area contributed by atoms with Crippen molar-refractivity contribution >= 4 is 43.6 Å². The van der Waals surface area contributed by atoms with Crippen LogP contribution in [0.1, 0.15) is 25.0 Å². The third-order valence-corrected chi connectivity index (χ3v) is 12.4. The van der Waals surface area contributed by atoms with Gasteiger partial charge in [-0.1, -0.05) is 159 Å². The Morgan fingerprint density at radius 1 is 0.356 bits per heavy atom. The van der Waals surface area contributed by atoms with Crippen LogP contribution in [0, 0.1) is 0 Å². The lowest BCUT2D eigenvalue weighted by Crippen LogP contribution is -2.15. The highest BCUT2D eigenvalue weighted by atomic mass is 15.2. The molecule has 59 heavy (non-hydrogen) atoms. The van der Waals surface area contributed by atoms with Crippen molar-refractivity contribution < 1.29 is 0 Å². The smallest absolute Gasteiger partial charge is 0.238 e. The Morgan fingerprint density at radius 3 is 1.61 bits per heavy atom. The average Bonchev–Trinajstić information content (AvgIpc) is 3.88. The third-order valence-electron chi connectivity index (χ3n) is 12.4. The van der Waals surface area contributed by atoms with Gasteiger partial charge < -0.3 is 4.57 Å². The van der Waals surface area contributed by atoms with Crippen molar-refractivity contribution in [1.82, 2.24) is 24.1 Å². The van der Waals surface area contributed by atoms with E-state index < -0.39 is 0 Å². The molecule has 0 spiro atoms. The van der Waals surface area contributed by atoms with Crippen LogP contribution in [-0.4, -0.2) is 24.1 Å². The molecule has 0 unspecified atom stereocenters. The molecule has 0 amide bonds. The number of fused-ring (bicyclic) bond motifs is 9. The molecule has 0 saturated heterocycles. The monoisotopic (exact) mass is 755 g/mol. The number of para-hydroxylation sites is 3. The molecule has 0 radical (unpaired) electrons. The zero-order valence-corrected chi connectivity index (χ0v) is 32.6. The van der Waals surface area contributed by atoms with Crippen molar-refractivity contribution in [3.63, 3.8) is 0 Å². The second kappa shape index (κ2) is 12.7. The van der Waals surface area contributed by atoms with E-state index in [1.165, 1.54) is 44.1 Å². The molecule has 0 N–H and O–H groups in total. The quantitative estimate of drug-likeness (QED) is 0.176. The van der Waals surface area contributed by atoms with E-state index in [2.05, 4.69) is 205 Å². The summed E-state index contributed by atoms with van der Waals surface area (Å²) in [4.78, 5) is 16.0. The standard InChI is InChI=1S/C54H37N5/c1-54(2)45-22-12-9-19-39(45)40-30-29-37(31-46(40)54)52-55-51(36-27-25-35(26-28-36)34-15-5-3-6-16-34)56-53(57-52)59-48-24-14-11-21-42(48)44-32-43-41-20-10-13-23-47(41)58(49(43)33-50(44)59)38-17-7-4-8-18-38/h3-33H,1-2H3. The normalized spacial score (nSPS) is 13.1. The van der Waals surface area contributed by atoms with E-state index in [4.69, 9.17) is 15.0 Å². The maximum atomic E-state index is 5.40. The fourth-order valence-electron chi connectivity index (χ4n) is 9.51. The summed E-state index contributed by atoms with van der Waals surface area (Å²) in [6, 6.07) is 67.1. The van der Waals surface area contributed by atoms with Gasteiger partial charge >= 0.3 is 0 Å². The summed E-state index contributed by atoms with van der Waals surface area (Å²) < 4.78 is 4.60. The van der Waals surface area contributed by atoms with Gasteiger partial charge in [0.2, 0.25) is 5.95 Å². The molecule has 1 aliphatic carbocycles. The van der Waals surface area contributed by atoms with Crippen molar-refractivity contribution in [3.05, 3.63) is 199 Å². The first-order chi connectivity index (χ1) is 29.0. The van der Waals surface area contributed by atoms with E-state index in [1.807, 2.05) is 6.07 Å². The summed E-state index contributed by atoms with van der Waals surface area (Å²) in [6.45, 7) is 4.63. The molecule has 3 aromatic heterocycles. The summed E-state index contributed by atoms with van der Waals surface area (Å²) in [5, 5.41) is 4.72. The maximum absolute atomic E-state index is 5.40. The van der Waals surface area contributed by atoms with Crippen LogP contribution in [0.4, 0.5) is 0 Å². The zero-order chi connectivity index (χ0) is 39.2. The van der Waals surface area contributed by atoms with E-state index in [1.54, 1.807) is 0 Å². The fraction of sp³-hybridized carbons (Fsp3) is 0.0556. The Balaban J connectivity index is 1.12. The highest BCUT2D eigenvalue weighted by Crippen LogP contribution is 2.49. The number of hydrogen-bond acceptors (Lipinski definition) is 3. The van der Waals surface area contributed by atoms with Crippen LogP contribution in [0.5, 0.6) is 0 Å². The minimum Gasteiger partial charge on any atom is -0.309 e. The van der Waals surface area contributed by atoms with E-state index >= 15 is 0 Å². The van der Waals surface area contributed by atoms with Gasteiger partial charge in [0.05, 0.1) is 22.1 Å². The van der Waals surface area contributed by atoms with E-state index in [0.717, 1.165) is 49.7 Å². The summed E-state index contributed by atoms with van der Waals surface area (Å²) in [5.74, 6) is 1.84. The predicted molar refractivity (Wildman–Crippen MR) is 242 cm³/mol. The van der Waals surface area contributed by atoms with Crippen LogP contribution in [0.25, 0.3) is 100 Å². The van der Waals surface area contributed by atoms with Crippen LogP contribution >= 0.6 is 0 Å². The van der Waals surface area contributed by atoms with Crippen LogP contribution in [0.15, 0.2) is 188 Å². The number of hydrogen-bond donors (Lipinski definition) is 0. The Kier molecular flexibility index (Phi) is 7.20. The molecule has 0 atom stereocenters. The molecular formula is C54H37N5. The van der Waals surface area contributed by atoms with Crippen molar-refractivity contribution in [2.45, 2.75) is 19.3 Å². The van der Waals surface area contributed by atoms with Crippen LogP contribution in [-0.2, 0) is 5.41 Å². The maximum Gasteiger partial charge on any atom is 0.238 e. The lowest BCUT2D eigenvalue weighted by molar-refractivity contribution is 0.660. The summed E-state index contributed by atoms with van der Waals surface area (Å²) in [6.07, 6.45) is 0. The van der Waals surface area contributed by atoms with Gasteiger partial charge in [0, 0.05) is 43.8 Å². The van der Waals surface area contributed by atoms with Crippen LogP contribution < -0.4 is 0 Å². The highest BCUT2D eigenvalue weighted by molar-refractivity contribution is 6.19. The molecule has 5 heteroatoms. The molecule has 278 valence electrons. The minimum absolute atomic E-state index is 0.163. The van der Waals surface area contributed by atoms with E-state index in [-0.39, 0.29) is 5.41 Å². The zero-order valence-electron chi connectivity index (χ0n) is 32.6. The second-order valence-corrected chi connectivity index (χ2v) is 16.1. The number of aromatic nitrogens is 5. The molecule has 11 aromatic rings.